The minimum absolute atomic E-state index is 0.0972. The van der Waals surface area contributed by atoms with Crippen LogP contribution in [-0.2, 0) is 9.53 Å². The minimum atomic E-state index is -0.383. The Balaban J connectivity index is 1.55. The van der Waals surface area contributed by atoms with E-state index in [1.165, 1.54) is 4.68 Å². The van der Waals surface area contributed by atoms with Crippen LogP contribution < -0.4 is 11.2 Å². The van der Waals surface area contributed by atoms with Crippen molar-refractivity contribution in [1.29, 1.82) is 0 Å². The number of nitrogens with two attached hydrogens (primary N) is 1. The van der Waals surface area contributed by atoms with E-state index in [-0.39, 0.29) is 17.6 Å². The fourth-order valence-electron chi connectivity index (χ4n) is 2.47. The summed E-state index contributed by atoms with van der Waals surface area (Å²) in [5, 5.41) is 11.3. The first-order valence-electron chi connectivity index (χ1n) is 8.94. The molecule has 9 nitrogen and oxygen atoms in total. The molecule has 0 aliphatic rings. The number of furan rings is 1. The predicted molar refractivity (Wildman–Crippen MR) is 109 cm³/mol. The van der Waals surface area contributed by atoms with E-state index in [1.807, 2.05) is 6.92 Å². The second kappa shape index (κ2) is 9.28. The number of hydrogen-bond donors (Lipinski definition) is 2. The SMILES string of the molecule is CCCOC(=O)c1ccc(NC(=O)CSc2nnc(-c3ccoc3C)n2N)cc1. The molecule has 0 saturated carbocycles. The third-order valence-corrected chi connectivity index (χ3v) is 4.88. The summed E-state index contributed by atoms with van der Waals surface area (Å²) >= 11 is 1.16. The molecule has 0 unspecified atom stereocenters. The Labute approximate surface area is 171 Å². The lowest BCUT2D eigenvalue weighted by molar-refractivity contribution is -0.113. The average molecular weight is 415 g/mol. The summed E-state index contributed by atoms with van der Waals surface area (Å²) < 4.78 is 11.7. The van der Waals surface area contributed by atoms with Crippen LogP contribution in [0.25, 0.3) is 11.4 Å². The Morgan fingerprint density at radius 1 is 1.24 bits per heavy atom. The summed E-state index contributed by atoms with van der Waals surface area (Å²) in [6, 6.07) is 8.27. The Hall–Kier alpha value is -3.27. The average Bonchev–Trinajstić information content (AvgIpc) is 3.30. The van der Waals surface area contributed by atoms with Gasteiger partial charge in [0.2, 0.25) is 11.1 Å². The molecule has 1 aromatic carbocycles. The van der Waals surface area contributed by atoms with E-state index in [1.54, 1.807) is 43.5 Å². The third-order valence-electron chi connectivity index (χ3n) is 3.94. The topological polar surface area (TPSA) is 125 Å². The van der Waals surface area contributed by atoms with Crippen LogP contribution in [0.2, 0.25) is 0 Å². The molecule has 0 aliphatic heterocycles. The van der Waals surface area contributed by atoms with E-state index < -0.39 is 0 Å². The standard InChI is InChI=1S/C19H21N5O4S/c1-3-9-28-18(26)13-4-6-14(7-5-13)21-16(25)11-29-19-23-22-17(24(19)20)15-8-10-27-12(15)2/h4-8,10H,3,9,11,20H2,1-2H3,(H,21,25). The molecule has 0 bridgehead atoms. The number of nitrogen functional groups attached to an aromatic ring is 1. The number of thioether (sulfide) groups is 1. The van der Waals surface area contributed by atoms with Crippen LogP contribution in [0.1, 0.15) is 29.5 Å². The third kappa shape index (κ3) is 4.96. The van der Waals surface area contributed by atoms with Crippen molar-refractivity contribution in [1.82, 2.24) is 14.9 Å². The number of carbonyl (C=O) groups excluding carboxylic acids is 2. The van der Waals surface area contributed by atoms with Crippen LogP contribution in [0, 0.1) is 6.92 Å². The van der Waals surface area contributed by atoms with Gasteiger partial charge < -0.3 is 20.3 Å². The van der Waals surface area contributed by atoms with Crippen LogP contribution in [0.15, 0.2) is 46.2 Å². The van der Waals surface area contributed by atoms with Crippen molar-refractivity contribution in [2.75, 3.05) is 23.5 Å². The molecular weight excluding hydrogens is 394 g/mol. The number of amides is 1. The number of esters is 1. The fraction of sp³-hybridized carbons (Fsp3) is 0.263. The maximum atomic E-state index is 12.2. The Bertz CT molecular complexity index is 996. The van der Waals surface area contributed by atoms with Crippen LogP contribution >= 0.6 is 11.8 Å². The Morgan fingerprint density at radius 2 is 2.00 bits per heavy atom. The van der Waals surface area contributed by atoms with E-state index >= 15 is 0 Å². The second-order valence-electron chi connectivity index (χ2n) is 6.12. The number of hydrogen-bond acceptors (Lipinski definition) is 8. The van der Waals surface area contributed by atoms with Gasteiger partial charge in [0.05, 0.1) is 29.7 Å². The fourth-order valence-corrected chi connectivity index (χ4v) is 3.13. The molecule has 0 fully saturated rings. The first kappa shape index (κ1) is 20.5. The van der Waals surface area contributed by atoms with Crippen molar-refractivity contribution in [3.05, 3.63) is 47.9 Å². The molecule has 152 valence electrons. The summed E-state index contributed by atoms with van der Waals surface area (Å²) in [5.41, 5.74) is 1.75. The van der Waals surface area contributed by atoms with Gasteiger partial charge in [0, 0.05) is 5.69 Å². The van der Waals surface area contributed by atoms with Crippen molar-refractivity contribution in [2.24, 2.45) is 0 Å². The number of nitrogens with zero attached hydrogens (tertiary/aromatic N) is 3. The zero-order valence-corrected chi connectivity index (χ0v) is 16.9. The van der Waals surface area contributed by atoms with Gasteiger partial charge in [-0.3, -0.25) is 4.79 Å². The largest absolute Gasteiger partial charge is 0.469 e. The van der Waals surface area contributed by atoms with E-state index in [2.05, 4.69) is 15.5 Å². The predicted octanol–water partition coefficient (Wildman–Crippen LogP) is 2.86. The maximum absolute atomic E-state index is 12.2. The molecule has 0 radical (unpaired) electrons. The number of carbonyl (C=O) groups is 2. The lowest BCUT2D eigenvalue weighted by Crippen LogP contribution is -2.16. The normalized spacial score (nSPS) is 10.7. The van der Waals surface area contributed by atoms with Crippen LogP contribution in [0.3, 0.4) is 0 Å². The smallest absolute Gasteiger partial charge is 0.338 e. The van der Waals surface area contributed by atoms with E-state index in [0.29, 0.717) is 34.6 Å². The van der Waals surface area contributed by atoms with E-state index in [0.717, 1.165) is 23.7 Å². The molecule has 0 atom stereocenters. The van der Waals surface area contributed by atoms with Crippen LogP contribution in [0.4, 0.5) is 5.69 Å². The molecule has 0 saturated heterocycles. The molecule has 1 amide bonds. The molecule has 29 heavy (non-hydrogen) atoms. The first-order chi connectivity index (χ1) is 14.0. The zero-order chi connectivity index (χ0) is 20.8. The number of anilines is 1. The van der Waals surface area contributed by atoms with Gasteiger partial charge in [-0.1, -0.05) is 18.7 Å². The number of aryl methyl sites for hydroxylation is 1. The molecule has 0 aliphatic carbocycles. The highest BCUT2D eigenvalue weighted by Gasteiger charge is 2.16. The number of ether oxygens (including phenoxy) is 1. The zero-order valence-electron chi connectivity index (χ0n) is 16.0. The quantitative estimate of drug-likeness (QED) is 0.327. The van der Waals surface area contributed by atoms with Gasteiger partial charge in [-0.05, 0) is 43.7 Å². The van der Waals surface area contributed by atoms with Gasteiger partial charge in [-0.2, -0.15) is 0 Å². The van der Waals surface area contributed by atoms with Crippen molar-refractivity contribution in [3.8, 4) is 11.4 Å². The van der Waals surface area contributed by atoms with Crippen LogP contribution in [0.5, 0.6) is 0 Å². The number of nitrogens with one attached hydrogen (secondary N) is 1. The molecular formula is C19H21N5O4S. The van der Waals surface area contributed by atoms with Gasteiger partial charge >= 0.3 is 5.97 Å². The summed E-state index contributed by atoms with van der Waals surface area (Å²) in [6.45, 7) is 4.11. The van der Waals surface area contributed by atoms with Gasteiger partial charge in [0.15, 0.2) is 5.82 Å². The van der Waals surface area contributed by atoms with E-state index in [4.69, 9.17) is 15.0 Å². The van der Waals surface area contributed by atoms with Crippen LogP contribution in [-0.4, -0.2) is 39.1 Å². The number of aromatic nitrogens is 3. The molecule has 0 spiro atoms. The Morgan fingerprint density at radius 3 is 2.66 bits per heavy atom. The highest BCUT2D eigenvalue weighted by molar-refractivity contribution is 7.99. The van der Waals surface area contributed by atoms with Crippen molar-refractivity contribution < 1.29 is 18.7 Å². The lowest BCUT2D eigenvalue weighted by atomic mass is 10.2. The van der Waals surface area contributed by atoms with Gasteiger partial charge in [0.25, 0.3) is 0 Å². The molecule has 3 rings (SSSR count). The summed E-state index contributed by atoms with van der Waals surface area (Å²) in [7, 11) is 0. The van der Waals surface area contributed by atoms with Crippen molar-refractivity contribution in [3.63, 3.8) is 0 Å². The van der Waals surface area contributed by atoms with Crippen molar-refractivity contribution in [2.45, 2.75) is 25.4 Å². The van der Waals surface area contributed by atoms with Gasteiger partial charge in [0.1, 0.15) is 5.76 Å². The maximum Gasteiger partial charge on any atom is 0.338 e. The van der Waals surface area contributed by atoms with E-state index in [9.17, 15) is 9.59 Å². The van der Waals surface area contributed by atoms with Crippen molar-refractivity contribution >= 4 is 29.3 Å². The number of benzene rings is 1. The Kier molecular flexibility index (Phi) is 6.55. The second-order valence-corrected chi connectivity index (χ2v) is 7.06. The lowest BCUT2D eigenvalue weighted by Gasteiger charge is -2.07. The van der Waals surface area contributed by atoms with Gasteiger partial charge in [-0.15, -0.1) is 10.2 Å². The monoisotopic (exact) mass is 415 g/mol. The molecule has 3 N–H and O–H groups in total. The van der Waals surface area contributed by atoms with Gasteiger partial charge in [-0.25, -0.2) is 9.47 Å². The highest BCUT2D eigenvalue weighted by atomic mass is 32.2. The number of rotatable bonds is 8. The molecule has 2 aromatic heterocycles. The molecule has 2 heterocycles. The molecule has 10 heteroatoms. The summed E-state index contributed by atoms with van der Waals surface area (Å²) in [4.78, 5) is 24.0. The summed E-state index contributed by atoms with van der Waals surface area (Å²) in [5.74, 6) is 6.66. The first-order valence-corrected chi connectivity index (χ1v) is 9.93. The minimum Gasteiger partial charge on any atom is -0.469 e. The molecule has 3 aromatic rings. The highest BCUT2D eigenvalue weighted by Crippen LogP contribution is 2.25. The summed E-state index contributed by atoms with van der Waals surface area (Å²) in [6.07, 6.45) is 2.31.